The predicted molar refractivity (Wildman–Crippen MR) is 127 cm³/mol. The molecule has 0 spiro atoms. The van der Waals surface area contributed by atoms with E-state index in [-0.39, 0.29) is 41.5 Å². The van der Waals surface area contributed by atoms with Crippen LogP contribution in [0.4, 0.5) is 20.3 Å². The zero-order chi connectivity index (χ0) is 25.4. The summed E-state index contributed by atoms with van der Waals surface area (Å²) in [5, 5.41) is 2.80. The second kappa shape index (κ2) is 12.2. The van der Waals surface area contributed by atoms with E-state index in [0.717, 1.165) is 5.56 Å². The lowest BCUT2D eigenvalue weighted by atomic mass is 10.1. The molecule has 34 heavy (non-hydrogen) atoms. The van der Waals surface area contributed by atoms with Crippen molar-refractivity contribution in [2.24, 2.45) is 11.8 Å². The molecule has 0 aliphatic heterocycles. The first-order chi connectivity index (χ1) is 16.0. The molecule has 9 nitrogen and oxygen atoms in total. The lowest BCUT2D eigenvalue weighted by molar-refractivity contribution is -0.119. The first-order valence-corrected chi connectivity index (χ1v) is 11.2. The Labute approximate surface area is 196 Å². The van der Waals surface area contributed by atoms with Crippen LogP contribution < -0.4 is 31.9 Å². The van der Waals surface area contributed by atoms with E-state index in [0.29, 0.717) is 26.1 Å². The van der Waals surface area contributed by atoms with Crippen LogP contribution in [0.15, 0.2) is 33.9 Å². The highest BCUT2D eigenvalue weighted by molar-refractivity contribution is 5.82. The quantitative estimate of drug-likeness (QED) is 0.427. The van der Waals surface area contributed by atoms with Crippen molar-refractivity contribution in [2.75, 3.05) is 30.3 Å². The zero-order valence-electron chi connectivity index (χ0n) is 19.9. The van der Waals surface area contributed by atoms with Gasteiger partial charge >= 0.3 is 12.3 Å². The molecule has 0 atom stereocenters. The topological polar surface area (TPSA) is 122 Å². The maximum absolute atomic E-state index is 12.6. The highest BCUT2D eigenvalue weighted by Crippen LogP contribution is 2.19. The fraction of sp³-hybridized carbons (Fsp3) is 0.522. The van der Waals surface area contributed by atoms with Gasteiger partial charge in [0.2, 0.25) is 5.91 Å². The number of amides is 1. The summed E-state index contributed by atoms with van der Waals surface area (Å²) in [6.07, 6.45) is 0.479. The average molecular weight is 482 g/mol. The van der Waals surface area contributed by atoms with Gasteiger partial charge in [-0.3, -0.25) is 19.1 Å². The second-order valence-corrected chi connectivity index (χ2v) is 8.89. The van der Waals surface area contributed by atoms with Gasteiger partial charge in [-0.05, 0) is 36.0 Å². The molecule has 1 amide bonds. The molecule has 1 aromatic heterocycles. The third-order valence-corrected chi connectivity index (χ3v) is 4.88. The van der Waals surface area contributed by atoms with Crippen LogP contribution in [-0.2, 0) is 17.8 Å². The number of nitrogens with one attached hydrogen (secondary N) is 2. The van der Waals surface area contributed by atoms with E-state index < -0.39 is 17.9 Å². The largest absolute Gasteiger partial charge is 0.435 e. The van der Waals surface area contributed by atoms with E-state index in [2.05, 4.69) is 15.0 Å². The Balaban J connectivity index is 2.10. The first-order valence-electron chi connectivity index (χ1n) is 11.2. The molecule has 188 valence electrons. The van der Waals surface area contributed by atoms with E-state index in [1.807, 2.05) is 27.7 Å². The number of rotatable bonds is 12. The highest BCUT2D eigenvalue weighted by atomic mass is 19.3. The summed E-state index contributed by atoms with van der Waals surface area (Å²) in [6.45, 7) is 5.76. The zero-order valence-corrected chi connectivity index (χ0v) is 19.9. The number of halogens is 2. The number of carbonyl (C=O) groups excluding carboxylic acids is 1. The number of nitrogens with two attached hydrogens (primary N) is 1. The molecular weight excluding hydrogens is 448 g/mol. The van der Waals surface area contributed by atoms with Crippen molar-refractivity contribution in [3.63, 3.8) is 0 Å². The van der Waals surface area contributed by atoms with E-state index in [4.69, 9.17) is 5.73 Å². The van der Waals surface area contributed by atoms with Gasteiger partial charge in [0.1, 0.15) is 17.3 Å². The number of ether oxygens (including phenoxy) is 1. The molecule has 2 rings (SSSR count). The lowest BCUT2D eigenvalue weighted by Gasteiger charge is -2.27. The van der Waals surface area contributed by atoms with Gasteiger partial charge in [0, 0.05) is 19.6 Å². The summed E-state index contributed by atoms with van der Waals surface area (Å²) < 4.78 is 30.1. The summed E-state index contributed by atoms with van der Waals surface area (Å²) >= 11 is 0. The van der Waals surface area contributed by atoms with E-state index in [9.17, 15) is 23.2 Å². The van der Waals surface area contributed by atoms with Crippen LogP contribution in [0.2, 0.25) is 0 Å². The first kappa shape index (κ1) is 26.9. The van der Waals surface area contributed by atoms with Gasteiger partial charge in [-0.2, -0.15) is 8.78 Å². The van der Waals surface area contributed by atoms with Crippen LogP contribution in [-0.4, -0.2) is 41.7 Å². The van der Waals surface area contributed by atoms with Gasteiger partial charge in [0.15, 0.2) is 0 Å². The Hall–Kier alpha value is -3.37. The summed E-state index contributed by atoms with van der Waals surface area (Å²) in [5.41, 5.74) is 5.93. The third-order valence-electron chi connectivity index (χ3n) is 4.88. The van der Waals surface area contributed by atoms with E-state index in [1.54, 1.807) is 17.0 Å². The Kier molecular flexibility index (Phi) is 9.64. The number of hydrogen-bond acceptors (Lipinski definition) is 6. The van der Waals surface area contributed by atoms with Crippen LogP contribution in [0, 0.1) is 11.8 Å². The molecule has 0 aliphatic carbocycles. The van der Waals surface area contributed by atoms with Crippen molar-refractivity contribution in [1.82, 2.24) is 14.9 Å². The second-order valence-electron chi connectivity index (χ2n) is 8.89. The molecule has 1 aromatic carbocycles. The van der Waals surface area contributed by atoms with Crippen molar-refractivity contribution in [3.05, 3.63) is 50.7 Å². The number of carbonyl (C=O) groups is 1. The lowest BCUT2D eigenvalue weighted by Crippen LogP contribution is -2.44. The summed E-state index contributed by atoms with van der Waals surface area (Å²) in [6, 6.07) is 6.17. The molecule has 2 aromatic rings. The molecule has 0 fully saturated rings. The molecule has 0 unspecified atom stereocenters. The SMILES string of the molecule is CC(C)CN(CC(=O)NCCc1ccc(OC(F)F)cc1)c1c(N)n(CC(C)C)c(=O)[nH]c1=O. The van der Waals surface area contributed by atoms with Crippen LogP contribution in [0.1, 0.15) is 33.3 Å². The molecule has 11 heteroatoms. The Morgan fingerprint density at radius 1 is 1.15 bits per heavy atom. The van der Waals surface area contributed by atoms with Gasteiger partial charge < -0.3 is 20.7 Å². The van der Waals surface area contributed by atoms with Crippen LogP contribution in [0.3, 0.4) is 0 Å². The number of hydrogen-bond donors (Lipinski definition) is 3. The van der Waals surface area contributed by atoms with Crippen molar-refractivity contribution in [1.29, 1.82) is 0 Å². The van der Waals surface area contributed by atoms with Crippen LogP contribution in [0.5, 0.6) is 5.75 Å². The maximum Gasteiger partial charge on any atom is 0.387 e. The van der Waals surface area contributed by atoms with Gasteiger partial charge in [-0.25, -0.2) is 4.79 Å². The van der Waals surface area contributed by atoms with Crippen LogP contribution in [0.25, 0.3) is 0 Å². The minimum atomic E-state index is -2.88. The van der Waals surface area contributed by atoms with Gasteiger partial charge in [-0.15, -0.1) is 0 Å². The van der Waals surface area contributed by atoms with E-state index >= 15 is 0 Å². The number of nitrogens with zero attached hydrogens (tertiary/aromatic N) is 2. The minimum absolute atomic E-state index is 0.0296. The molecule has 1 heterocycles. The molecule has 0 bridgehead atoms. The highest BCUT2D eigenvalue weighted by Gasteiger charge is 2.22. The fourth-order valence-corrected chi connectivity index (χ4v) is 3.52. The molecule has 0 aliphatic rings. The summed E-state index contributed by atoms with van der Waals surface area (Å²) in [4.78, 5) is 41.4. The Morgan fingerprint density at radius 2 is 1.79 bits per heavy atom. The molecular formula is C23H33F2N5O4. The van der Waals surface area contributed by atoms with Crippen molar-refractivity contribution < 1.29 is 18.3 Å². The fourth-order valence-electron chi connectivity index (χ4n) is 3.52. The minimum Gasteiger partial charge on any atom is -0.435 e. The summed E-state index contributed by atoms with van der Waals surface area (Å²) in [7, 11) is 0. The van der Waals surface area contributed by atoms with Crippen LogP contribution >= 0.6 is 0 Å². The molecule has 0 radical (unpaired) electrons. The molecule has 4 N–H and O–H groups in total. The average Bonchev–Trinajstić information content (AvgIpc) is 2.71. The number of aromatic nitrogens is 2. The number of aromatic amines is 1. The number of H-pyrrole nitrogens is 1. The van der Waals surface area contributed by atoms with Crippen molar-refractivity contribution in [3.8, 4) is 5.75 Å². The van der Waals surface area contributed by atoms with E-state index in [1.165, 1.54) is 16.7 Å². The Bertz CT molecular complexity index is 1060. The number of nitrogen functional groups attached to an aromatic ring is 1. The smallest absolute Gasteiger partial charge is 0.387 e. The predicted octanol–water partition coefficient (Wildman–Crippen LogP) is 2.20. The Morgan fingerprint density at radius 3 is 2.35 bits per heavy atom. The van der Waals surface area contributed by atoms with Gasteiger partial charge in [-0.1, -0.05) is 39.8 Å². The number of alkyl halides is 2. The van der Waals surface area contributed by atoms with Crippen molar-refractivity contribution in [2.45, 2.75) is 47.3 Å². The van der Waals surface area contributed by atoms with Gasteiger partial charge in [0.05, 0.1) is 6.54 Å². The summed E-state index contributed by atoms with van der Waals surface area (Å²) in [5.74, 6) is 0.0112. The normalized spacial score (nSPS) is 11.3. The number of benzene rings is 1. The maximum atomic E-state index is 12.6. The standard InChI is InChI=1S/C23H33F2N5O4/c1-14(2)11-29(19-20(26)30(12-15(3)4)23(33)28-21(19)32)13-18(31)27-10-9-16-5-7-17(8-6-16)34-22(24)25/h5-8,14-15,22H,9-13,26H2,1-4H3,(H,27,31)(H,28,32,33). The number of anilines is 2. The monoisotopic (exact) mass is 481 g/mol. The molecule has 0 saturated carbocycles. The third kappa shape index (κ3) is 7.89. The molecule has 0 saturated heterocycles. The van der Waals surface area contributed by atoms with Crippen molar-refractivity contribution >= 4 is 17.4 Å². The van der Waals surface area contributed by atoms with Gasteiger partial charge in [0.25, 0.3) is 5.56 Å².